The minimum absolute atomic E-state index is 0.0408. The van der Waals surface area contributed by atoms with Crippen molar-refractivity contribution in [3.63, 3.8) is 0 Å². The number of anilines is 5. The fourth-order valence-corrected chi connectivity index (χ4v) is 11.5. The van der Waals surface area contributed by atoms with E-state index in [0.717, 1.165) is 11.4 Å². The van der Waals surface area contributed by atoms with Gasteiger partial charge in [-0.1, -0.05) is 162 Å². The molecule has 1 aliphatic carbocycles. The molecular weight excluding hydrogens is 761 g/mol. The van der Waals surface area contributed by atoms with Crippen molar-refractivity contribution in [2.24, 2.45) is 0 Å². The van der Waals surface area contributed by atoms with Gasteiger partial charge in [0.05, 0.1) is 16.7 Å². The van der Waals surface area contributed by atoms with Crippen LogP contribution in [0.1, 0.15) is 51.3 Å². The Hall–Kier alpha value is -7.30. The molecular formula is C59H46BN3. The normalized spacial score (nSPS) is 14.2. The summed E-state index contributed by atoms with van der Waals surface area (Å²) >= 11 is 0. The van der Waals surface area contributed by atoms with E-state index in [4.69, 9.17) is 0 Å². The largest absolute Gasteiger partial charge is 0.376 e. The number of hydrogen-bond donors (Lipinski definition) is 0. The predicted octanol–water partition coefficient (Wildman–Crippen LogP) is 14.2. The highest BCUT2D eigenvalue weighted by Gasteiger charge is 2.47. The Kier molecular flexibility index (Phi) is 7.43. The highest BCUT2D eigenvalue weighted by Crippen LogP contribution is 2.54. The molecule has 1 aromatic heterocycles. The van der Waals surface area contributed by atoms with Gasteiger partial charge in [-0.2, -0.15) is 0 Å². The van der Waals surface area contributed by atoms with Crippen LogP contribution in [0.2, 0.25) is 0 Å². The second-order valence-corrected chi connectivity index (χ2v) is 19.3. The fourth-order valence-electron chi connectivity index (χ4n) is 11.5. The molecule has 0 atom stereocenters. The molecule has 300 valence electrons. The first-order chi connectivity index (χ1) is 30.7. The standard InChI is InChI=1S/C59H46BN3/c1-58(2,3)38-29-31-41(32-30-38)63-50-27-17-15-25-44(50)46-35-53(61(39-19-8-6-9-20-39)40-21-10-7-11-22-40)55-54-42-23-13-12-18-37(42)28-33-51(54)62-52-34-45-43-24-14-16-26-47(43)59(4,5)48(45)36-49(52)60(63)56(46)57(55)62/h6-36H,1-5H3. The van der Waals surface area contributed by atoms with Crippen molar-refractivity contribution in [2.45, 2.75) is 45.4 Å². The van der Waals surface area contributed by atoms with Crippen molar-refractivity contribution in [1.82, 2.24) is 4.57 Å². The second kappa shape index (κ2) is 12.9. The number of nitrogens with zero attached hydrogens (tertiary/aromatic N) is 3. The van der Waals surface area contributed by atoms with Crippen LogP contribution in [-0.4, -0.2) is 11.4 Å². The first kappa shape index (κ1) is 36.4. The van der Waals surface area contributed by atoms with E-state index < -0.39 is 0 Å². The van der Waals surface area contributed by atoms with Gasteiger partial charge in [-0.15, -0.1) is 0 Å². The maximum absolute atomic E-state index is 2.66. The van der Waals surface area contributed by atoms with E-state index in [1.54, 1.807) is 0 Å². The summed E-state index contributed by atoms with van der Waals surface area (Å²) in [6, 6.07) is 70.9. The van der Waals surface area contributed by atoms with Gasteiger partial charge in [0.2, 0.25) is 0 Å². The monoisotopic (exact) mass is 807 g/mol. The summed E-state index contributed by atoms with van der Waals surface area (Å²) < 4.78 is 2.66. The Morgan fingerprint density at radius 3 is 1.90 bits per heavy atom. The van der Waals surface area contributed by atoms with Gasteiger partial charge in [0.25, 0.3) is 0 Å². The fraction of sp³-hybridized carbons (Fsp3) is 0.119. The molecule has 10 aromatic rings. The van der Waals surface area contributed by atoms with Crippen LogP contribution in [0.4, 0.5) is 28.4 Å². The van der Waals surface area contributed by atoms with Crippen LogP contribution in [-0.2, 0) is 10.8 Å². The highest BCUT2D eigenvalue weighted by atomic mass is 15.2. The third-order valence-corrected chi connectivity index (χ3v) is 14.5. The molecule has 0 unspecified atom stereocenters. The molecule has 0 saturated carbocycles. The van der Waals surface area contributed by atoms with Crippen LogP contribution in [0.5, 0.6) is 0 Å². The summed E-state index contributed by atoms with van der Waals surface area (Å²) in [5, 5.41) is 5.06. The lowest BCUT2D eigenvalue weighted by Crippen LogP contribution is -2.60. The average Bonchev–Trinajstić information content (AvgIpc) is 3.78. The van der Waals surface area contributed by atoms with Gasteiger partial charge in [0.1, 0.15) is 0 Å². The smallest absolute Gasteiger partial charge is 0.333 e. The number of para-hydroxylation sites is 3. The molecule has 0 amide bonds. The van der Waals surface area contributed by atoms with Gasteiger partial charge in [-0.25, -0.2) is 0 Å². The van der Waals surface area contributed by atoms with Gasteiger partial charge >= 0.3 is 6.85 Å². The molecule has 63 heavy (non-hydrogen) atoms. The molecule has 9 aromatic carbocycles. The van der Waals surface area contributed by atoms with Crippen molar-refractivity contribution < 1.29 is 0 Å². The first-order valence-corrected chi connectivity index (χ1v) is 22.4. The van der Waals surface area contributed by atoms with Crippen LogP contribution >= 0.6 is 0 Å². The van der Waals surface area contributed by atoms with E-state index >= 15 is 0 Å². The van der Waals surface area contributed by atoms with Crippen molar-refractivity contribution >= 4 is 78.8 Å². The van der Waals surface area contributed by atoms with Gasteiger partial charge in [-0.05, 0) is 121 Å². The zero-order chi connectivity index (χ0) is 42.4. The third-order valence-electron chi connectivity index (χ3n) is 14.5. The molecule has 0 fully saturated rings. The molecule has 0 bridgehead atoms. The molecule has 3 nitrogen and oxygen atoms in total. The van der Waals surface area contributed by atoms with Crippen LogP contribution in [0.3, 0.4) is 0 Å². The molecule has 0 saturated heterocycles. The Morgan fingerprint density at radius 2 is 1.17 bits per heavy atom. The van der Waals surface area contributed by atoms with E-state index in [1.165, 1.54) is 105 Å². The molecule has 0 spiro atoms. The maximum atomic E-state index is 2.66. The SMILES string of the molecule is CC(C)(C)c1ccc(N2B3c4cc5c(cc4-n4c6ccc7ccccc7c6c6c(N(c7ccccc7)c7ccccc7)cc(c3c64)-c3ccccc32)-c2ccccc2C5(C)C)cc1. The Bertz CT molecular complexity index is 3480. The number of fused-ring (bicyclic) bond motifs is 13. The molecule has 0 radical (unpaired) electrons. The highest BCUT2D eigenvalue weighted by molar-refractivity contribution is 6.94. The zero-order valence-electron chi connectivity index (χ0n) is 36.3. The number of hydrogen-bond acceptors (Lipinski definition) is 2. The molecule has 4 heteroatoms. The lowest BCUT2D eigenvalue weighted by Gasteiger charge is -2.43. The quantitative estimate of drug-likeness (QED) is 0.164. The minimum Gasteiger partial charge on any atom is -0.376 e. The average molecular weight is 808 g/mol. The van der Waals surface area contributed by atoms with E-state index in [1.807, 2.05) is 0 Å². The van der Waals surface area contributed by atoms with Crippen LogP contribution < -0.4 is 20.6 Å². The van der Waals surface area contributed by atoms with Crippen molar-refractivity contribution in [1.29, 1.82) is 0 Å². The molecule has 13 rings (SSSR count). The topological polar surface area (TPSA) is 11.4 Å². The van der Waals surface area contributed by atoms with Crippen molar-refractivity contribution in [3.05, 3.63) is 205 Å². The summed E-state index contributed by atoms with van der Waals surface area (Å²) in [5.41, 5.74) is 21.5. The molecule has 3 aliphatic rings. The Balaban J connectivity index is 1.25. The predicted molar refractivity (Wildman–Crippen MR) is 268 cm³/mol. The molecule has 2 aliphatic heterocycles. The summed E-state index contributed by atoms with van der Waals surface area (Å²) in [7, 11) is 0. The maximum Gasteiger partial charge on any atom is 0.333 e. The van der Waals surface area contributed by atoms with Crippen LogP contribution in [0, 0.1) is 0 Å². The van der Waals surface area contributed by atoms with Gasteiger partial charge in [0, 0.05) is 50.2 Å². The molecule has 0 N–H and O–H groups in total. The van der Waals surface area contributed by atoms with E-state index in [2.05, 4.69) is 237 Å². The number of rotatable bonds is 4. The summed E-state index contributed by atoms with van der Waals surface area (Å²) in [6.07, 6.45) is 0. The van der Waals surface area contributed by atoms with Crippen molar-refractivity contribution in [2.75, 3.05) is 9.71 Å². The first-order valence-electron chi connectivity index (χ1n) is 22.4. The molecule has 3 heterocycles. The van der Waals surface area contributed by atoms with E-state index in [0.29, 0.717) is 0 Å². The van der Waals surface area contributed by atoms with Gasteiger partial charge < -0.3 is 14.3 Å². The van der Waals surface area contributed by atoms with Gasteiger partial charge in [-0.3, -0.25) is 0 Å². The summed E-state index contributed by atoms with van der Waals surface area (Å²) in [5.74, 6) is 0. The number of benzene rings is 9. The lowest BCUT2D eigenvalue weighted by atomic mass is 9.43. The van der Waals surface area contributed by atoms with Crippen LogP contribution in [0.15, 0.2) is 188 Å². The van der Waals surface area contributed by atoms with E-state index in [9.17, 15) is 0 Å². The minimum atomic E-state index is -0.157. The number of aromatic nitrogens is 1. The zero-order valence-corrected chi connectivity index (χ0v) is 36.3. The van der Waals surface area contributed by atoms with E-state index in [-0.39, 0.29) is 17.7 Å². The third kappa shape index (κ3) is 4.98. The Labute approximate surface area is 369 Å². The summed E-state index contributed by atoms with van der Waals surface area (Å²) in [4.78, 5) is 5.16. The second-order valence-electron chi connectivity index (χ2n) is 19.3. The van der Waals surface area contributed by atoms with Crippen LogP contribution in [0.25, 0.3) is 60.5 Å². The van der Waals surface area contributed by atoms with Crippen molar-refractivity contribution in [3.8, 4) is 27.9 Å². The summed E-state index contributed by atoms with van der Waals surface area (Å²) in [6.45, 7) is 11.6. The van der Waals surface area contributed by atoms with Gasteiger partial charge in [0.15, 0.2) is 0 Å². The lowest BCUT2D eigenvalue weighted by molar-refractivity contribution is 0.590. The Morgan fingerprint density at radius 1 is 0.524 bits per heavy atom.